The Morgan fingerprint density at radius 1 is 1.23 bits per heavy atom. The summed E-state index contributed by atoms with van der Waals surface area (Å²) in [6, 6.07) is 9.74. The van der Waals surface area contributed by atoms with Gasteiger partial charge >= 0.3 is 5.97 Å². The van der Waals surface area contributed by atoms with Crippen LogP contribution in [0.3, 0.4) is 0 Å². The third-order valence-corrected chi connectivity index (χ3v) is 4.23. The number of esters is 1. The lowest BCUT2D eigenvalue weighted by Gasteiger charge is -2.14. The summed E-state index contributed by atoms with van der Waals surface area (Å²) in [6.07, 6.45) is -1.02. The number of carbonyl (C=O) groups is 2. The van der Waals surface area contributed by atoms with E-state index in [0.717, 1.165) is 5.56 Å². The molecule has 26 heavy (non-hydrogen) atoms. The van der Waals surface area contributed by atoms with Gasteiger partial charge in [-0.3, -0.25) is 4.79 Å². The SMILES string of the molecule is C[C@@H](OC(=O)c1cc(Br)ccc1O)C(=O)NCc1ccc2c(c1)OCO2. The van der Waals surface area contributed by atoms with Crippen LogP contribution in [0.1, 0.15) is 22.8 Å². The molecule has 136 valence electrons. The zero-order valence-corrected chi connectivity index (χ0v) is 15.4. The number of halogens is 1. The van der Waals surface area contributed by atoms with E-state index in [0.29, 0.717) is 16.0 Å². The van der Waals surface area contributed by atoms with Crippen molar-refractivity contribution in [2.45, 2.75) is 19.6 Å². The van der Waals surface area contributed by atoms with E-state index in [1.165, 1.54) is 19.1 Å². The number of ether oxygens (including phenoxy) is 3. The summed E-state index contributed by atoms with van der Waals surface area (Å²) in [4.78, 5) is 24.3. The van der Waals surface area contributed by atoms with Crippen molar-refractivity contribution in [3.63, 3.8) is 0 Å². The summed E-state index contributed by atoms with van der Waals surface area (Å²) in [7, 11) is 0. The maximum atomic E-state index is 12.2. The molecule has 1 aliphatic rings. The summed E-state index contributed by atoms with van der Waals surface area (Å²) < 4.78 is 16.2. The van der Waals surface area contributed by atoms with Gasteiger partial charge in [-0.2, -0.15) is 0 Å². The summed E-state index contributed by atoms with van der Waals surface area (Å²) in [5.41, 5.74) is 0.806. The molecule has 8 heteroatoms. The summed E-state index contributed by atoms with van der Waals surface area (Å²) in [5, 5.41) is 12.4. The van der Waals surface area contributed by atoms with Crippen molar-refractivity contribution in [1.29, 1.82) is 0 Å². The van der Waals surface area contributed by atoms with Gasteiger partial charge in [0.1, 0.15) is 11.3 Å². The van der Waals surface area contributed by atoms with Crippen LogP contribution in [-0.2, 0) is 16.1 Å². The van der Waals surface area contributed by atoms with Gasteiger partial charge in [0.05, 0.1) is 0 Å². The fourth-order valence-electron chi connectivity index (χ4n) is 2.33. The summed E-state index contributed by atoms with van der Waals surface area (Å²) >= 11 is 3.21. The molecule has 1 heterocycles. The van der Waals surface area contributed by atoms with Crippen molar-refractivity contribution < 1.29 is 28.9 Å². The second kappa shape index (κ2) is 7.65. The minimum absolute atomic E-state index is 0.0187. The molecule has 2 N–H and O–H groups in total. The van der Waals surface area contributed by atoms with E-state index >= 15 is 0 Å². The normalized spacial score (nSPS) is 13.2. The molecule has 0 fully saturated rings. The number of fused-ring (bicyclic) bond motifs is 1. The van der Waals surface area contributed by atoms with Crippen LogP contribution in [0.4, 0.5) is 0 Å². The Morgan fingerprint density at radius 3 is 2.81 bits per heavy atom. The Kier molecular flexibility index (Phi) is 5.32. The molecule has 1 atom stereocenters. The fraction of sp³-hybridized carbons (Fsp3) is 0.222. The molecule has 0 spiro atoms. The first-order chi connectivity index (χ1) is 12.4. The lowest BCUT2D eigenvalue weighted by Crippen LogP contribution is -2.35. The van der Waals surface area contributed by atoms with E-state index in [1.54, 1.807) is 18.2 Å². The van der Waals surface area contributed by atoms with Gasteiger partial charge in [-0.05, 0) is 42.8 Å². The van der Waals surface area contributed by atoms with E-state index in [2.05, 4.69) is 21.2 Å². The van der Waals surface area contributed by atoms with E-state index in [9.17, 15) is 14.7 Å². The second-order valence-electron chi connectivity index (χ2n) is 5.61. The number of rotatable bonds is 5. The molecule has 0 aromatic heterocycles. The van der Waals surface area contributed by atoms with Crippen molar-refractivity contribution in [1.82, 2.24) is 5.32 Å². The average molecular weight is 422 g/mol. The minimum atomic E-state index is -1.02. The Bertz CT molecular complexity index is 854. The quantitative estimate of drug-likeness (QED) is 0.720. The molecule has 0 unspecified atom stereocenters. The Balaban J connectivity index is 1.56. The van der Waals surface area contributed by atoms with Crippen LogP contribution in [0.2, 0.25) is 0 Å². The van der Waals surface area contributed by atoms with Crippen LogP contribution in [0, 0.1) is 0 Å². The largest absolute Gasteiger partial charge is 0.507 e. The maximum Gasteiger partial charge on any atom is 0.342 e. The Morgan fingerprint density at radius 2 is 2.00 bits per heavy atom. The van der Waals surface area contributed by atoms with Crippen molar-refractivity contribution in [2.75, 3.05) is 6.79 Å². The number of phenols is 1. The monoisotopic (exact) mass is 421 g/mol. The topological polar surface area (TPSA) is 94.1 Å². The Labute approximate surface area is 158 Å². The lowest BCUT2D eigenvalue weighted by molar-refractivity contribution is -0.129. The Hall–Kier alpha value is -2.74. The number of phenolic OH excluding ortho intramolecular Hbond substituents is 1. The van der Waals surface area contributed by atoms with Crippen LogP contribution in [-0.4, -0.2) is 29.9 Å². The highest BCUT2D eigenvalue weighted by Crippen LogP contribution is 2.32. The molecule has 7 nitrogen and oxygen atoms in total. The highest BCUT2D eigenvalue weighted by molar-refractivity contribution is 9.10. The molecule has 1 amide bonds. The molecule has 0 saturated heterocycles. The first-order valence-corrected chi connectivity index (χ1v) is 8.59. The highest BCUT2D eigenvalue weighted by Gasteiger charge is 2.21. The molecular weight excluding hydrogens is 406 g/mol. The van der Waals surface area contributed by atoms with E-state index in [1.807, 2.05) is 6.07 Å². The number of hydrogen-bond donors (Lipinski definition) is 2. The average Bonchev–Trinajstić information content (AvgIpc) is 3.09. The van der Waals surface area contributed by atoms with Gasteiger partial charge in [-0.1, -0.05) is 22.0 Å². The highest BCUT2D eigenvalue weighted by atomic mass is 79.9. The third kappa shape index (κ3) is 4.08. The zero-order chi connectivity index (χ0) is 18.7. The molecule has 2 aromatic carbocycles. The smallest absolute Gasteiger partial charge is 0.342 e. The number of hydrogen-bond acceptors (Lipinski definition) is 6. The second-order valence-corrected chi connectivity index (χ2v) is 6.53. The van der Waals surface area contributed by atoms with E-state index < -0.39 is 18.0 Å². The summed E-state index contributed by atoms with van der Waals surface area (Å²) in [6.45, 7) is 1.89. The van der Waals surface area contributed by atoms with Gasteiger partial charge in [-0.15, -0.1) is 0 Å². The zero-order valence-electron chi connectivity index (χ0n) is 13.8. The van der Waals surface area contributed by atoms with E-state index in [4.69, 9.17) is 14.2 Å². The van der Waals surface area contributed by atoms with Crippen molar-refractivity contribution >= 4 is 27.8 Å². The molecule has 0 radical (unpaired) electrons. The fourth-order valence-corrected chi connectivity index (χ4v) is 2.69. The molecule has 0 saturated carbocycles. The number of benzene rings is 2. The molecule has 0 bridgehead atoms. The molecule has 0 aliphatic carbocycles. The van der Waals surface area contributed by atoms with Crippen LogP contribution >= 0.6 is 15.9 Å². The molecule has 1 aliphatic heterocycles. The number of carbonyl (C=O) groups excluding carboxylic acids is 2. The van der Waals surface area contributed by atoms with Crippen molar-refractivity contribution in [2.24, 2.45) is 0 Å². The van der Waals surface area contributed by atoms with Crippen LogP contribution in [0.5, 0.6) is 17.2 Å². The minimum Gasteiger partial charge on any atom is -0.507 e. The van der Waals surface area contributed by atoms with Gasteiger partial charge in [0.2, 0.25) is 6.79 Å². The van der Waals surface area contributed by atoms with Gasteiger partial charge in [0, 0.05) is 11.0 Å². The van der Waals surface area contributed by atoms with Crippen LogP contribution < -0.4 is 14.8 Å². The number of aromatic hydroxyl groups is 1. The predicted octanol–water partition coefficient (Wildman–Crippen LogP) is 2.75. The number of nitrogens with one attached hydrogen (secondary N) is 1. The van der Waals surface area contributed by atoms with E-state index in [-0.39, 0.29) is 24.7 Å². The van der Waals surface area contributed by atoms with Crippen molar-refractivity contribution in [3.8, 4) is 17.2 Å². The first kappa shape index (κ1) is 18.1. The molecule has 2 aromatic rings. The molecule has 3 rings (SSSR count). The third-order valence-electron chi connectivity index (χ3n) is 3.74. The molecular formula is C18H16BrNO6. The van der Waals surface area contributed by atoms with Crippen molar-refractivity contribution in [3.05, 3.63) is 52.0 Å². The van der Waals surface area contributed by atoms with Gasteiger partial charge in [0.15, 0.2) is 17.6 Å². The first-order valence-electron chi connectivity index (χ1n) is 7.80. The number of amides is 1. The summed E-state index contributed by atoms with van der Waals surface area (Å²) in [5.74, 6) is -0.163. The van der Waals surface area contributed by atoms with Gasteiger partial charge in [0.25, 0.3) is 5.91 Å². The predicted molar refractivity (Wildman–Crippen MR) is 95.1 cm³/mol. The van der Waals surface area contributed by atoms with Crippen LogP contribution in [0.15, 0.2) is 40.9 Å². The lowest BCUT2D eigenvalue weighted by atomic mass is 10.2. The maximum absolute atomic E-state index is 12.2. The van der Waals surface area contributed by atoms with Gasteiger partial charge in [-0.25, -0.2) is 4.79 Å². The van der Waals surface area contributed by atoms with Gasteiger partial charge < -0.3 is 24.6 Å². The standard InChI is InChI=1S/C18H16BrNO6/c1-10(26-18(23)13-7-12(19)3-4-14(13)21)17(22)20-8-11-2-5-15-16(6-11)25-9-24-15/h2-7,10,21H,8-9H2,1H3,(H,20,22)/t10-/m1/s1. The van der Waals surface area contributed by atoms with Crippen LogP contribution in [0.25, 0.3) is 0 Å².